The van der Waals surface area contributed by atoms with E-state index in [9.17, 15) is 24.8 Å². The maximum Gasteiger partial charge on any atom is 0.338 e. The SMILES string of the molecule is CCCC1=C(C(=O)OCC)[C@@H](c2cc(OC)ccc2OC)n2c(s/c(=C\c3cc(OC)c(O)c([N+](=O)[O-])c3)c2=O)=N1. The molecule has 1 aromatic heterocycles. The Balaban J connectivity index is 2.06. The molecule has 4 rings (SSSR count). The van der Waals surface area contributed by atoms with E-state index in [-0.39, 0.29) is 28.0 Å². The average molecular weight is 584 g/mol. The highest BCUT2D eigenvalue weighted by Gasteiger charge is 2.36. The van der Waals surface area contributed by atoms with Crippen molar-refractivity contribution >= 4 is 29.1 Å². The maximum atomic E-state index is 14.0. The van der Waals surface area contributed by atoms with Crippen molar-refractivity contribution in [3.05, 3.63) is 82.5 Å². The Morgan fingerprint density at radius 3 is 2.49 bits per heavy atom. The number of carbonyl (C=O) groups excluding carboxylic acids is 1. The third-order valence-electron chi connectivity index (χ3n) is 6.42. The molecule has 0 aliphatic carbocycles. The topological polar surface area (TPSA) is 152 Å². The molecule has 0 radical (unpaired) electrons. The Morgan fingerprint density at radius 2 is 1.88 bits per heavy atom. The lowest BCUT2D eigenvalue weighted by Crippen LogP contribution is -2.40. The Kier molecular flexibility index (Phi) is 8.77. The van der Waals surface area contributed by atoms with Gasteiger partial charge in [-0.15, -0.1) is 0 Å². The molecule has 0 fully saturated rings. The molecule has 0 saturated carbocycles. The monoisotopic (exact) mass is 583 g/mol. The standard InChI is InChI=1S/C28H29N3O9S/c1-6-8-18-23(27(34)40-7-2)24(17-14-16(37-3)9-10-20(17)38-4)30-26(33)22(41-28(30)29-18)13-15-11-19(31(35)36)25(32)21(12-15)39-5/h9-14,24,32H,6-8H2,1-5H3/b22-13-/t24-/m1/s1. The summed E-state index contributed by atoms with van der Waals surface area (Å²) in [5, 5.41) is 21.7. The van der Waals surface area contributed by atoms with E-state index in [2.05, 4.69) is 0 Å². The van der Waals surface area contributed by atoms with E-state index in [1.54, 1.807) is 25.1 Å². The van der Waals surface area contributed by atoms with E-state index in [4.69, 9.17) is 23.9 Å². The molecule has 0 amide bonds. The van der Waals surface area contributed by atoms with Gasteiger partial charge < -0.3 is 24.1 Å². The van der Waals surface area contributed by atoms with E-state index < -0.39 is 33.9 Å². The van der Waals surface area contributed by atoms with Crippen molar-refractivity contribution in [3.63, 3.8) is 0 Å². The number of benzene rings is 2. The van der Waals surface area contributed by atoms with Gasteiger partial charge in [0.1, 0.15) is 17.5 Å². The highest BCUT2D eigenvalue weighted by molar-refractivity contribution is 7.07. The van der Waals surface area contributed by atoms with Crippen LogP contribution in [0.2, 0.25) is 0 Å². The van der Waals surface area contributed by atoms with E-state index in [1.807, 2.05) is 6.92 Å². The molecular formula is C28H29N3O9S. The fourth-order valence-electron chi connectivity index (χ4n) is 4.61. The molecule has 41 heavy (non-hydrogen) atoms. The lowest BCUT2D eigenvalue weighted by atomic mass is 9.93. The van der Waals surface area contributed by atoms with Crippen LogP contribution >= 0.6 is 11.3 Å². The lowest BCUT2D eigenvalue weighted by Gasteiger charge is -2.27. The second kappa shape index (κ2) is 12.3. The number of phenols is 1. The molecule has 0 unspecified atom stereocenters. The van der Waals surface area contributed by atoms with Crippen LogP contribution in [-0.4, -0.2) is 48.5 Å². The Morgan fingerprint density at radius 1 is 1.15 bits per heavy atom. The molecule has 0 saturated heterocycles. The van der Waals surface area contributed by atoms with Crippen molar-refractivity contribution in [3.8, 4) is 23.0 Å². The van der Waals surface area contributed by atoms with E-state index in [0.29, 0.717) is 40.4 Å². The number of rotatable bonds is 10. The van der Waals surface area contributed by atoms with Gasteiger partial charge in [-0.25, -0.2) is 9.79 Å². The Labute approximate surface area is 238 Å². The number of allylic oxidation sites excluding steroid dienone is 1. The minimum absolute atomic E-state index is 0.118. The van der Waals surface area contributed by atoms with Crippen molar-refractivity contribution in [2.75, 3.05) is 27.9 Å². The fraction of sp³-hybridized carbons (Fsp3) is 0.321. The van der Waals surface area contributed by atoms with Crippen molar-refractivity contribution in [1.29, 1.82) is 0 Å². The number of phenolic OH excluding ortho intramolecular Hbond substituents is 1. The van der Waals surface area contributed by atoms with Gasteiger partial charge in [0.2, 0.25) is 5.75 Å². The number of thiazole rings is 1. The lowest BCUT2D eigenvalue weighted by molar-refractivity contribution is -0.386. The van der Waals surface area contributed by atoms with Crippen molar-refractivity contribution in [2.24, 2.45) is 4.99 Å². The normalized spacial score (nSPS) is 14.8. The van der Waals surface area contributed by atoms with E-state index in [0.717, 1.165) is 17.4 Å². The Hall–Kier alpha value is -4.65. The molecule has 2 aromatic carbocycles. The number of hydrogen-bond donors (Lipinski definition) is 1. The minimum Gasteiger partial charge on any atom is -0.500 e. The summed E-state index contributed by atoms with van der Waals surface area (Å²) in [4.78, 5) is 43.2. The van der Waals surface area contributed by atoms with Crippen LogP contribution in [0.1, 0.15) is 43.9 Å². The maximum absolute atomic E-state index is 14.0. The third kappa shape index (κ3) is 5.53. The first kappa shape index (κ1) is 29.3. The predicted octanol–water partition coefficient (Wildman–Crippen LogP) is 3.22. The predicted molar refractivity (Wildman–Crippen MR) is 150 cm³/mol. The van der Waals surface area contributed by atoms with Crippen LogP contribution in [0.25, 0.3) is 6.08 Å². The summed E-state index contributed by atoms with van der Waals surface area (Å²) in [7, 11) is 4.26. The molecule has 3 aromatic rings. The van der Waals surface area contributed by atoms with Crippen molar-refractivity contribution < 1.29 is 33.8 Å². The van der Waals surface area contributed by atoms with Gasteiger partial charge in [-0.2, -0.15) is 0 Å². The summed E-state index contributed by atoms with van der Waals surface area (Å²) in [6, 6.07) is 6.67. The number of fused-ring (bicyclic) bond motifs is 1. The quantitative estimate of drug-likeness (QED) is 0.215. The summed E-state index contributed by atoms with van der Waals surface area (Å²) < 4.78 is 23.2. The number of hydrogen-bond acceptors (Lipinski definition) is 11. The molecular weight excluding hydrogens is 554 g/mol. The number of nitro groups is 1. The molecule has 0 bridgehead atoms. The zero-order valence-electron chi connectivity index (χ0n) is 23.1. The minimum atomic E-state index is -0.956. The highest BCUT2D eigenvalue weighted by atomic mass is 32.1. The molecule has 1 atom stereocenters. The first-order valence-electron chi connectivity index (χ1n) is 12.7. The summed E-state index contributed by atoms with van der Waals surface area (Å²) in [6.45, 7) is 3.77. The molecule has 2 heterocycles. The molecule has 216 valence electrons. The molecule has 0 spiro atoms. The number of nitro benzene ring substituents is 1. The zero-order valence-corrected chi connectivity index (χ0v) is 23.9. The van der Waals surface area contributed by atoms with Gasteiger partial charge in [0, 0.05) is 11.6 Å². The van der Waals surface area contributed by atoms with Crippen LogP contribution in [0.4, 0.5) is 5.69 Å². The number of esters is 1. The first-order valence-corrected chi connectivity index (χ1v) is 13.5. The number of aromatic nitrogens is 1. The number of aromatic hydroxyl groups is 1. The molecule has 1 N–H and O–H groups in total. The van der Waals surface area contributed by atoms with Gasteiger partial charge in [-0.05, 0) is 49.2 Å². The van der Waals surface area contributed by atoms with Crippen LogP contribution in [0.3, 0.4) is 0 Å². The number of nitrogens with zero attached hydrogens (tertiary/aromatic N) is 3. The second-order valence-electron chi connectivity index (χ2n) is 8.87. The van der Waals surface area contributed by atoms with Gasteiger partial charge in [0.15, 0.2) is 10.6 Å². The Bertz CT molecular complexity index is 1720. The smallest absolute Gasteiger partial charge is 0.338 e. The summed E-state index contributed by atoms with van der Waals surface area (Å²) in [5.41, 5.74) is 0.378. The number of carbonyl (C=O) groups is 1. The van der Waals surface area contributed by atoms with Crippen LogP contribution in [-0.2, 0) is 9.53 Å². The molecule has 12 nitrogen and oxygen atoms in total. The number of ether oxygens (including phenoxy) is 4. The largest absolute Gasteiger partial charge is 0.500 e. The molecule has 1 aliphatic heterocycles. The average Bonchev–Trinajstić information content (AvgIpc) is 3.26. The van der Waals surface area contributed by atoms with Crippen LogP contribution in [0, 0.1) is 10.1 Å². The fourth-order valence-corrected chi connectivity index (χ4v) is 5.63. The van der Waals surface area contributed by atoms with Gasteiger partial charge in [-0.1, -0.05) is 24.7 Å². The third-order valence-corrected chi connectivity index (χ3v) is 7.40. The molecule has 1 aliphatic rings. The zero-order chi connectivity index (χ0) is 29.8. The highest BCUT2D eigenvalue weighted by Crippen LogP contribution is 2.39. The summed E-state index contributed by atoms with van der Waals surface area (Å²) in [5.74, 6) is -0.438. The summed E-state index contributed by atoms with van der Waals surface area (Å²) in [6.07, 6.45) is 2.57. The van der Waals surface area contributed by atoms with Crippen molar-refractivity contribution in [1.82, 2.24) is 4.57 Å². The first-order chi connectivity index (χ1) is 19.7. The summed E-state index contributed by atoms with van der Waals surface area (Å²) >= 11 is 1.06. The van der Waals surface area contributed by atoms with Gasteiger partial charge in [0.25, 0.3) is 5.56 Å². The van der Waals surface area contributed by atoms with Gasteiger partial charge in [0.05, 0.1) is 48.7 Å². The van der Waals surface area contributed by atoms with Crippen LogP contribution in [0.15, 0.2) is 51.4 Å². The van der Waals surface area contributed by atoms with E-state index in [1.165, 1.54) is 38.0 Å². The van der Waals surface area contributed by atoms with E-state index >= 15 is 0 Å². The second-order valence-corrected chi connectivity index (χ2v) is 9.88. The number of methoxy groups -OCH3 is 3. The molecule has 13 heteroatoms. The van der Waals surface area contributed by atoms with Crippen LogP contribution in [0.5, 0.6) is 23.0 Å². The van der Waals surface area contributed by atoms with Gasteiger partial charge in [-0.3, -0.25) is 19.5 Å². The van der Waals surface area contributed by atoms with Crippen LogP contribution < -0.4 is 29.1 Å². The van der Waals surface area contributed by atoms with Crippen molar-refractivity contribution in [2.45, 2.75) is 32.7 Å². The van der Waals surface area contributed by atoms with Gasteiger partial charge >= 0.3 is 11.7 Å².